The molecule has 1 heterocycles. The van der Waals surface area contributed by atoms with E-state index >= 15 is 0 Å². The molecule has 0 radical (unpaired) electrons. The van der Waals surface area contributed by atoms with Gasteiger partial charge < -0.3 is 15.3 Å². The fourth-order valence-electron chi connectivity index (χ4n) is 2.86. The monoisotopic (exact) mass is 276 g/mol. The largest absolute Gasteiger partial charge is 0.478 e. The van der Waals surface area contributed by atoms with Gasteiger partial charge in [0.25, 0.3) is 0 Å². The number of rotatable bonds is 5. The summed E-state index contributed by atoms with van der Waals surface area (Å²) in [4.78, 5) is 13.6. The highest BCUT2D eigenvalue weighted by Gasteiger charge is 2.19. The summed E-state index contributed by atoms with van der Waals surface area (Å²) in [6.45, 7) is 7.52. The Labute approximate surface area is 120 Å². The van der Waals surface area contributed by atoms with Crippen LogP contribution < -0.4 is 5.32 Å². The molecule has 1 aromatic carbocycles. The van der Waals surface area contributed by atoms with Crippen molar-refractivity contribution < 1.29 is 9.90 Å². The van der Waals surface area contributed by atoms with Gasteiger partial charge in [0, 0.05) is 24.8 Å². The zero-order valence-corrected chi connectivity index (χ0v) is 12.4. The molecule has 0 unspecified atom stereocenters. The molecule has 0 saturated carbocycles. The third-order valence-corrected chi connectivity index (χ3v) is 4.05. The molecule has 1 saturated heterocycles. The van der Waals surface area contributed by atoms with E-state index in [-0.39, 0.29) is 0 Å². The van der Waals surface area contributed by atoms with Crippen molar-refractivity contribution in [3.63, 3.8) is 0 Å². The molecule has 20 heavy (non-hydrogen) atoms. The molecular weight excluding hydrogens is 252 g/mol. The first-order valence-corrected chi connectivity index (χ1v) is 7.43. The van der Waals surface area contributed by atoms with Crippen LogP contribution in [-0.4, -0.2) is 41.7 Å². The van der Waals surface area contributed by atoms with E-state index < -0.39 is 5.97 Å². The van der Waals surface area contributed by atoms with Crippen molar-refractivity contribution in [3.05, 3.63) is 29.3 Å². The smallest absolute Gasteiger partial charge is 0.336 e. The zero-order chi connectivity index (χ0) is 14.5. The summed E-state index contributed by atoms with van der Waals surface area (Å²) < 4.78 is 0. The van der Waals surface area contributed by atoms with E-state index in [1.165, 1.54) is 13.0 Å². The second kappa shape index (κ2) is 6.75. The van der Waals surface area contributed by atoms with Gasteiger partial charge in [-0.25, -0.2) is 4.79 Å². The second-order valence-corrected chi connectivity index (χ2v) is 5.54. The molecule has 0 aliphatic carbocycles. The maximum atomic E-state index is 11.1. The van der Waals surface area contributed by atoms with Crippen LogP contribution in [-0.2, 0) is 0 Å². The lowest BCUT2D eigenvalue weighted by molar-refractivity contribution is 0.0696. The molecule has 0 bridgehead atoms. The first-order valence-electron chi connectivity index (χ1n) is 7.43. The quantitative estimate of drug-likeness (QED) is 0.868. The summed E-state index contributed by atoms with van der Waals surface area (Å²) in [5.74, 6) is -0.857. The average molecular weight is 276 g/mol. The van der Waals surface area contributed by atoms with Crippen LogP contribution in [0.2, 0.25) is 0 Å². The maximum absolute atomic E-state index is 11.1. The van der Waals surface area contributed by atoms with E-state index in [9.17, 15) is 4.79 Å². The van der Waals surface area contributed by atoms with Crippen LogP contribution in [0.15, 0.2) is 18.2 Å². The Kier molecular flexibility index (Phi) is 5.01. The number of carboxylic acid groups (broad SMARTS) is 1. The van der Waals surface area contributed by atoms with Gasteiger partial charge in [-0.15, -0.1) is 0 Å². The van der Waals surface area contributed by atoms with E-state index in [0.29, 0.717) is 11.6 Å². The van der Waals surface area contributed by atoms with Crippen LogP contribution in [0.5, 0.6) is 0 Å². The van der Waals surface area contributed by atoms with Crippen molar-refractivity contribution in [2.45, 2.75) is 39.2 Å². The van der Waals surface area contributed by atoms with E-state index in [4.69, 9.17) is 5.11 Å². The molecule has 0 amide bonds. The van der Waals surface area contributed by atoms with E-state index in [0.717, 1.165) is 37.2 Å². The van der Waals surface area contributed by atoms with E-state index in [1.54, 1.807) is 6.07 Å². The van der Waals surface area contributed by atoms with Crippen molar-refractivity contribution in [2.75, 3.05) is 25.0 Å². The summed E-state index contributed by atoms with van der Waals surface area (Å²) in [5.41, 5.74) is 2.17. The predicted molar refractivity (Wildman–Crippen MR) is 81.5 cm³/mol. The summed E-state index contributed by atoms with van der Waals surface area (Å²) in [5, 5.41) is 12.7. The minimum atomic E-state index is -0.857. The van der Waals surface area contributed by atoms with Crippen molar-refractivity contribution >= 4 is 11.7 Å². The molecule has 4 heteroatoms. The highest BCUT2D eigenvalue weighted by molar-refractivity contribution is 5.91. The van der Waals surface area contributed by atoms with Crippen molar-refractivity contribution in [3.8, 4) is 0 Å². The summed E-state index contributed by atoms with van der Waals surface area (Å²) in [6, 6.07) is 5.89. The molecule has 0 aromatic heterocycles. The van der Waals surface area contributed by atoms with E-state index in [1.807, 2.05) is 19.1 Å². The van der Waals surface area contributed by atoms with Gasteiger partial charge in [-0.05, 0) is 50.4 Å². The Morgan fingerprint density at radius 3 is 2.70 bits per heavy atom. The van der Waals surface area contributed by atoms with Crippen LogP contribution in [0, 0.1) is 6.92 Å². The number of aromatic carboxylic acids is 1. The molecule has 2 rings (SSSR count). The SMILES string of the molecule is CCCN1CCC(Nc2cccc(C(=O)O)c2C)CC1. The lowest BCUT2D eigenvalue weighted by Gasteiger charge is -2.33. The first-order chi connectivity index (χ1) is 9.61. The number of carboxylic acids is 1. The molecular formula is C16H24N2O2. The molecule has 1 aliphatic heterocycles. The fourth-order valence-corrected chi connectivity index (χ4v) is 2.86. The molecule has 4 nitrogen and oxygen atoms in total. The number of piperidine rings is 1. The van der Waals surface area contributed by atoms with Gasteiger partial charge in [-0.3, -0.25) is 0 Å². The lowest BCUT2D eigenvalue weighted by atomic mass is 10.0. The van der Waals surface area contributed by atoms with Gasteiger partial charge in [-0.2, -0.15) is 0 Å². The molecule has 0 atom stereocenters. The topological polar surface area (TPSA) is 52.6 Å². The molecule has 0 spiro atoms. The van der Waals surface area contributed by atoms with Gasteiger partial charge in [-0.1, -0.05) is 13.0 Å². The molecule has 1 aromatic rings. The Morgan fingerprint density at radius 1 is 1.40 bits per heavy atom. The van der Waals surface area contributed by atoms with Gasteiger partial charge in [0.15, 0.2) is 0 Å². The zero-order valence-electron chi connectivity index (χ0n) is 12.4. The fraction of sp³-hybridized carbons (Fsp3) is 0.562. The van der Waals surface area contributed by atoms with Crippen molar-refractivity contribution in [2.24, 2.45) is 0 Å². The predicted octanol–water partition coefficient (Wildman–Crippen LogP) is 2.98. The molecule has 110 valence electrons. The van der Waals surface area contributed by atoms with Crippen LogP contribution in [0.3, 0.4) is 0 Å². The number of nitrogens with zero attached hydrogens (tertiary/aromatic N) is 1. The lowest BCUT2D eigenvalue weighted by Crippen LogP contribution is -2.39. The number of likely N-dealkylation sites (tertiary alicyclic amines) is 1. The Hall–Kier alpha value is -1.55. The van der Waals surface area contributed by atoms with Gasteiger partial charge in [0.1, 0.15) is 0 Å². The average Bonchev–Trinajstić information content (AvgIpc) is 2.43. The Morgan fingerprint density at radius 2 is 2.10 bits per heavy atom. The van der Waals surface area contributed by atoms with Gasteiger partial charge >= 0.3 is 5.97 Å². The normalized spacial score (nSPS) is 17.1. The molecule has 2 N–H and O–H groups in total. The highest BCUT2D eigenvalue weighted by atomic mass is 16.4. The van der Waals surface area contributed by atoms with Gasteiger partial charge in [0.05, 0.1) is 5.56 Å². The summed E-state index contributed by atoms with van der Waals surface area (Å²) >= 11 is 0. The first kappa shape index (κ1) is 14.9. The number of benzene rings is 1. The Bertz CT molecular complexity index is 466. The number of carbonyl (C=O) groups is 1. The number of hydrogen-bond donors (Lipinski definition) is 2. The minimum Gasteiger partial charge on any atom is -0.478 e. The third-order valence-electron chi connectivity index (χ3n) is 4.05. The van der Waals surface area contributed by atoms with Crippen LogP contribution >= 0.6 is 0 Å². The maximum Gasteiger partial charge on any atom is 0.336 e. The highest BCUT2D eigenvalue weighted by Crippen LogP contribution is 2.22. The summed E-state index contributed by atoms with van der Waals surface area (Å²) in [7, 11) is 0. The number of anilines is 1. The number of hydrogen-bond acceptors (Lipinski definition) is 3. The second-order valence-electron chi connectivity index (χ2n) is 5.54. The van der Waals surface area contributed by atoms with Crippen molar-refractivity contribution in [1.29, 1.82) is 0 Å². The van der Waals surface area contributed by atoms with E-state index in [2.05, 4.69) is 17.1 Å². The number of nitrogens with one attached hydrogen (secondary N) is 1. The third kappa shape index (κ3) is 3.51. The van der Waals surface area contributed by atoms with Crippen LogP contribution in [0.25, 0.3) is 0 Å². The summed E-state index contributed by atoms with van der Waals surface area (Å²) in [6.07, 6.45) is 3.45. The van der Waals surface area contributed by atoms with Gasteiger partial charge in [0.2, 0.25) is 0 Å². The molecule has 1 aliphatic rings. The van der Waals surface area contributed by atoms with Crippen LogP contribution in [0.1, 0.15) is 42.1 Å². The Balaban J connectivity index is 1.98. The minimum absolute atomic E-state index is 0.387. The standard InChI is InChI=1S/C16H24N2O2/c1-3-9-18-10-7-13(8-11-18)17-15-6-4-5-14(12(15)2)16(19)20/h4-6,13,17H,3,7-11H2,1-2H3,(H,19,20). The van der Waals surface area contributed by atoms with Crippen LogP contribution in [0.4, 0.5) is 5.69 Å². The van der Waals surface area contributed by atoms with Crippen molar-refractivity contribution in [1.82, 2.24) is 4.90 Å². The molecule has 1 fully saturated rings.